The van der Waals surface area contributed by atoms with Crippen LogP contribution in [0.25, 0.3) is 0 Å². The predicted octanol–water partition coefficient (Wildman–Crippen LogP) is 1.14. The minimum Gasteiger partial charge on any atom is -0.480 e. The summed E-state index contributed by atoms with van der Waals surface area (Å²) in [6.45, 7) is -0.0813. The number of anilines is 1. The first-order chi connectivity index (χ1) is 12.0. The molecule has 2 rings (SSSR count). The van der Waals surface area contributed by atoms with Crippen molar-refractivity contribution in [2.45, 2.75) is 13.0 Å². The molecule has 0 unspecified atom stereocenters. The van der Waals surface area contributed by atoms with E-state index in [0.717, 1.165) is 6.29 Å². The fourth-order valence-corrected chi connectivity index (χ4v) is 2.15. The van der Waals surface area contributed by atoms with E-state index in [2.05, 4.69) is 10.6 Å². The minimum atomic E-state index is -1.13. The van der Waals surface area contributed by atoms with E-state index in [4.69, 9.17) is 5.11 Å². The Balaban J connectivity index is 1.85. The van der Waals surface area contributed by atoms with Gasteiger partial charge in [0.05, 0.1) is 5.69 Å². The summed E-state index contributed by atoms with van der Waals surface area (Å²) in [7, 11) is 0. The van der Waals surface area contributed by atoms with E-state index in [1.165, 1.54) is 12.1 Å². The number of rotatable bonds is 8. The van der Waals surface area contributed by atoms with Gasteiger partial charge in [-0.2, -0.15) is 0 Å². The first-order valence-electron chi connectivity index (χ1n) is 7.50. The van der Waals surface area contributed by atoms with Crippen LogP contribution < -0.4 is 10.6 Å². The fourth-order valence-electron chi connectivity index (χ4n) is 2.15. The molecule has 1 heterocycles. The summed E-state index contributed by atoms with van der Waals surface area (Å²) in [5, 5.41) is 13.5. The monoisotopic (exact) mass is 343 g/mol. The standard InChI is InChI=1S/C17H17N3O5/c21-11-14-2-1-8-20(14)9-7-15(22)19-13-5-3-12(4-6-13)17(25)18-10-16(23)24/h1-6,8,11H,7,9-10H2,(H,18,25)(H,19,22)(H,23,24). The fraction of sp³-hybridized carbons (Fsp3) is 0.176. The number of carbonyl (C=O) groups excluding carboxylic acids is 3. The topological polar surface area (TPSA) is 118 Å². The summed E-state index contributed by atoms with van der Waals surface area (Å²) >= 11 is 0. The molecule has 0 radical (unpaired) electrons. The van der Waals surface area contributed by atoms with Crippen LogP contribution in [0, 0.1) is 0 Å². The lowest BCUT2D eigenvalue weighted by Gasteiger charge is -2.08. The van der Waals surface area contributed by atoms with Crippen LogP contribution in [0.4, 0.5) is 5.69 Å². The minimum absolute atomic E-state index is 0.191. The zero-order valence-corrected chi connectivity index (χ0v) is 13.3. The van der Waals surface area contributed by atoms with Crippen LogP contribution in [0.15, 0.2) is 42.6 Å². The van der Waals surface area contributed by atoms with Crippen LogP contribution >= 0.6 is 0 Å². The normalized spacial score (nSPS) is 10.1. The van der Waals surface area contributed by atoms with E-state index in [1.807, 2.05) is 0 Å². The lowest BCUT2D eigenvalue weighted by molar-refractivity contribution is -0.135. The van der Waals surface area contributed by atoms with E-state index in [9.17, 15) is 19.2 Å². The maximum absolute atomic E-state index is 11.9. The molecule has 0 saturated heterocycles. The van der Waals surface area contributed by atoms with Crippen LogP contribution in [0.5, 0.6) is 0 Å². The SMILES string of the molecule is O=Cc1cccn1CCC(=O)Nc1ccc(C(=O)NCC(=O)O)cc1. The van der Waals surface area contributed by atoms with Gasteiger partial charge in [0.2, 0.25) is 5.91 Å². The number of hydrogen-bond acceptors (Lipinski definition) is 4. The summed E-state index contributed by atoms with van der Waals surface area (Å²) in [6.07, 6.45) is 2.64. The number of aldehydes is 1. The van der Waals surface area contributed by atoms with Crippen molar-refractivity contribution in [3.8, 4) is 0 Å². The molecule has 0 spiro atoms. The Labute approximate surface area is 143 Å². The second kappa shape index (κ2) is 8.44. The van der Waals surface area contributed by atoms with Crippen molar-refractivity contribution >= 4 is 29.8 Å². The lowest BCUT2D eigenvalue weighted by atomic mass is 10.2. The van der Waals surface area contributed by atoms with Gasteiger partial charge >= 0.3 is 5.97 Å². The summed E-state index contributed by atoms with van der Waals surface area (Å²) in [4.78, 5) is 44.9. The van der Waals surface area contributed by atoms with Crippen LogP contribution in [0.1, 0.15) is 27.3 Å². The van der Waals surface area contributed by atoms with Gasteiger partial charge in [-0.05, 0) is 36.4 Å². The number of carboxylic acids is 1. The van der Waals surface area contributed by atoms with Crippen LogP contribution in [-0.4, -0.2) is 40.3 Å². The number of benzene rings is 1. The van der Waals surface area contributed by atoms with Crippen molar-refractivity contribution in [2.24, 2.45) is 0 Å². The second-order valence-electron chi connectivity index (χ2n) is 5.20. The number of nitrogens with one attached hydrogen (secondary N) is 2. The number of carboxylic acid groups (broad SMARTS) is 1. The molecular formula is C17H17N3O5. The number of hydrogen-bond donors (Lipinski definition) is 3. The predicted molar refractivity (Wildman–Crippen MR) is 89.5 cm³/mol. The average Bonchev–Trinajstić information content (AvgIpc) is 3.06. The van der Waals surface area contributed by atoms with Gasteiger partial charge in [0.1, 0.15) is 6.54 Å². The summed E-state index contributed by atoms with van der Waals surface area (Å²) in [5.74, 6) is -1.86. The van der Waals surface area contributed by atoms with E-state index in [-0.39, 0.29) is 12.3 Å². The Morgan fingerprint density at radius 2 is 1.84 bits per heavy atom. The molecule has 0 bridgehead atoms. The van der Waals surface area contributed by atoms with E-state index in [1.54, 1.807) is 35.0 Å². The molecule has 0 aliphatic rings. The molecule has 1 aromatic carbocycles. The highest BCUT2D eigenvalue weighted by Gasteiger charge is 2.08. The highest BCUT2D eigenvalue weighted by molar-refractivity contribution is 5.97. The third-order valence-electron chi connectivity index (χ3n) is 3.40. The molecule has 2 aromatic rings. The van der Waals surface area contributed by atoms with Gasteiger partial charge in [0.15, 0.2) is 6.29 Å². The molecule has 8 nitrogen and oxygen atoms in total. The molecule has 0 saturated carbocycles. The summed E-state index contributed by atoms with van der Waals surface area (Å²) < 4.78 is 1.68. The largest absolute Gasteiger partial charge is 0.480 e. The number of nitrogens with zero attached hydrogens (tertiary/aromatic N) is 1. The van der Waals surface area contributed by atoms with E-state index >= 15 is 0 Å². The Morgan fingerprint density at radius 1 is 1.12 bits per heavy atom. The second-order valence-corrected chi connectivity index (χ2v) is 5.20. The lowest BCUT2D eigenvalue weighted by Crippen LogP contribution is -2.29. The number of aromatic nitrogens is 1. The number of amides is 2. The van der Waals surface area contributed by atoms with Crippen LogP contribution in [0.2, 0.25) is 0 Å². The zero-order valence-electron chi connectivity index (χ0n) is 13.3. The van der Waals surface area contributed by atoms with Crippen molar-refractivity contribution < 1.29 is 24.3 Å². The highest BCUT2D eigenvalue weighted by atomic mass is 16.4. The number of aliphatic carboxylic acids is 1. The Kier molecular flexibility index (Phi) is 6.05. The summed E-state index contributed by atoms with van der Waals surface area (Å²) in [6, 6.07) is 9.49. The van der Waals surface area contributed by atoms with Gasteiger partial charge in [0, 0.05) is 30.4 Å². The molecule has 1 aromatic heterocycles. The van der Waals surface area contributed by atoms with Crippen LogP contribution in [-0.2, 0) is 16.1 Å². The molecule has 0 aliphatic carbocycles. The molecule has 3 N–H and O–H groups in total. The highest BCUT2D eigenvalue weighted by Crippen LogP contribution is 2.10. The molecule has 0 atom stereocenters. The number of carbonyl (C=O) groups is 4. The quantitative estimate of drug-likeness (QED) is 0.621. The van der Waals surface area contributed by atoms with Gasteiger partial charge in [-0.3, -0.25) is 19.2 Å². The molecule has 0 fully saturated rings. The zero-order chi connectivity index (χ0) is 18.2. The molecule has 2 amide bonds. The maximum Gasteiger partial charge on any atom is 0.322 e. The van der Waals surface area contributed by atoms with E-state index < -0.39 is 18.4 Å². The Hall–Kier alpha value is -3.42. The molecule has 8 heteroatoms. The smallest absolute Gasteiger partial charge is 0.322 e. The van der Waals surface area contributed by atoms with Crippen molar-refractivity contribution in [3.63, 3.8) is 0 Å². The van der Waals surface area contributed by atoms with Gasteiger partial charge < -0.3 is 20.3 Å². The van der Waals surface area contributed by atoms with Gasteiger partial charge in [-0.1, -0.05) is 0 Å². The molecule has 130 valence electrons. The third kappa shape index (κ3) is 5.31. The van der Waals surface area contributed by atoms with Crippen molar-refractivity contribution in [3.05, 3.63) is 53.9 Å². The van der Waals surface area contributed by atoms with Crippen molar-refractivity contribution in [2.75, 3.05) is 11.9 Å². The molecule has 0 aliphatic heterocycles. The molecule has 25 heavy (non-hydrogen) atoms. The van der Waals surface area contributed by atoms with E-state index in [0.29, 0.717) is 23.5 Å². The first-order valence-corrected chi connectivity index (χ1v) is 7.50. The van der Waals surface area contributed by atoms with Crippen molar-refractivity contribution in [1.82, 2.24) is 9.88 Å². The van der Waals surface area contributed by atoms with Gasteiger partial charge in [-0.25, -0.2) is 0 Å². The van der Waals surface area contributed by atoms with Crippen molar-refractivity contribution in [1.29, 1.82) is 0 Å². The Bertz CT molecular complexity index is 780. The molecular weight excluding hydrogens is 326 g/mol. The third-order valence-corrected chi connectivity index (χ3v) is 3.40. The average molecular weight is 343 g/mol. The van der Waals surface area contributed by atoms with Gasteiger partial charge in [-0.15, -0.1) is 0 Å². The van der Waals surface area contributed by atoms with Crippen LogP contribution in [0.3, 0.4) is 0 Å². The number of aryl methyl sites for hydroxylation is 1. The maximum atomic E-state index is 11.9. The van der Waals surface area contributed by atoms with Gasteiger partial charge in [0.25, 0.3) is 5.91 Å². The summed E-state index contributed by atoms with van der Waals surface area (Å²) in [5.41, 5.74) is 1.31. The Morgan fingerprint density at radius 3 is 2.48 bits per heavy atom. The first kappa shape index (κ1) is 17.9.